The van der Waals surface area contributed by atoms with Crippen LogP contribution in [-0.4, -0.2) is 17.3 Å². The predicted octanol–water partition coefficient (Wildman–Crippen LogP) is 3.78. The molecule has 2 nitrogen and oxygen atoms in total. The van der Waals surface area contributed by atoms with E-state index in [1.54, 1.807) is 11.3 Å². The van der Waals surface area contributed by atoms with Gasteiger partial charge in [-0.3, -0.25) is 0 Å². The van der Waals surface area contributed by atoms with Crippen molar-refractivity contribution in [2.75, 3.05) is 6.61 Å². The van der Waals surface area contributed by atoms with Crippen molar-refractivity contribution in [3.63, 3.8) is 0 Å². The van der Waals surface area contributed by atoms with E-state index in [1.165, 1.54) is 19.3 Å². The Bertz CT molecular complexity index is 400. The molecule has 2 fully saturated rings. The van der Waals surface area contributed by atoms with Crippen molar-refractivity contribution in [3.8, 4) is 0 Å². The van der Waals surface area contributed by atoms with Gasteiger partial charge < -0.3 is 9.84 Å². The van der Waals surface area contributed by atoms with E-state index in [0.29, 0.717) is 5.92 Å². The molecule has 17 heavy (non-hydrogen) atoms. The second-order valence-corrected chi connectivity index (χ2v) is 6.63. The normalized spacial score (nSPS) is 28.9. The number of halogens is 1. The van der Waals surface area contributed by atoms with Crippen LogP contribution < -0.4 is 0 Å². The van der Waals surface area contributed by atoms with Crippen LogP contribution in [0.5, 0.6) is 0 Å². The Morgan fingerprint density at radius 3 is 2.94 bits per heavy atom. The third-order valence-electron chi connectivity index (χ3n) is 4.12. The molecule has 1 aliphatic heterocycles. The van der Waals surface area contributed by atoms with Crippen molar-refractivity contribution in [1.82, 2.24) is 0 Å². The summed E-state index contributed by atoms with van der Waals surface area (Å²) in [6, 6.07) is 1.89. The van der Waals surface area contributed by atoms with Gasteiger partial charge >= 0.3 is 0 Å². The van der Waals surface area contributed by atoms with Gasteiger partial charge in [0.15, 0.2) is 0 Å². The van der Waals surface area contributed by atoms with Gasteiger partial charge in [-0.25, -0.2) is 0 Å². The highest BCUT2D eigenvalue weighted by Crippen LogP contribution is 2.47. The molecule has 1 aliphatic carbocycles. The molecular formula is C13H17ClO2S. The zero-order valence-corrected chi connectivity index (χ0v) is 11.3. The first-order valence-electron chi connectivity index (χ1n) is 6.24. The second-order valence-electron chi connectivity index (χ2n) is 5.25. The summed E-state index contributed by atoms with van der Waals surface area (Å²) in [7, 11) is 0. The molecule has 2 heterocycles. The highest BCUT2D eigenvalue weighted by Gasteiger charge is 2.44. The lowest BCUT2D eigenvalue weighted by atomic mass is 9.71. The minimum Gasteiger partial charge on any atom is -0.387 e. The molecule has 2 atom stereocenters. The van der Waals surface area contributed by atoms with Gasteiger partial charge in [-0.05, 0) is 44.1 Å². The van der Waals surface area contributed by atoms with Gasteiger partial charge in [0.1, 0.15) is 0 Å². The highest BCUT2D eigenvalue weighted by molar-refractivity contribution is 7.10. The standard InChI is InChI=1S/C13H17ClO2S/c14-10-6-11(17-8-10)12(15)9-2-5-16-13(7-9)3-1-4-13/h6,8-9,12,15H,1-5,7H2. The molecule has 0 amide bonds. The number of hydrogen-bond donors (Lipinski definition) is 1. The molecule has 1 N–H and O–H groups in total. The van der Waals surface area contributed by atoms with E-state index in [4.69, 9.17) is 16.3 Å². The minimum absolute atomic E-state index is 0.102. The molecule has 94 valence electrons. The van der Waals surface area contributed by atoms with Crippen molar-refractivity contribution in [3.05, 3.63) is 21.3 Å². The molecule has 2 unspecified atom stereocenters. The second kappa shape index (κ2) is 4.54. The Balaban J connectivity index is 1.71. The summed E-state index contributed by atoms with van der Waals surface area (Å²) in [5.74, 6) is 0.332. The van der Waals surface area contributed by atoms with E-state index >= 15 is 0 Å². The Labute approximate surface area is 111 Å². The fraction of sp³-hybridized carbons (Fsp3) is 0.692. The maximum atomic E-state index is 10.4. The highest BCUT2D eigenvalue weighted by atomic mass is 35.5. The van der Waals surface area contributed by atoms with Crippen LogP contribution in [-0.2, 0) is 4.74 Å². The lowest BCUT2D eigenvalue weighted by Gasteiger charge is -2.48. The Hall–Kier alpha value is -0.0900. The summed E-state index contributed by atoms with van der Waals surface area (Å²) >= 11 is 7.47. The molecule has 0 radical (unpaired) electrons. The van der Waals surface area contributed by atoms with Crippen LogP contribution in [0.4, 0.5) is 0 Å². The van der Waals surface area contributed by atoms with E-state index in [2.05, 4.69) is 0 Å². The van der Waals surface area contributed by atoms with Gasteiger partial charge in [0.05, 0.1) is 16.7 Å². The summed E-state index contributed by atoms with van der Waals surface area (Å²) in [4.78, 5) is 0.997. The predicted molar refractivity (Wildman–Crippen MR) is 69.5 cm³/mol. The van der Waals surface area contributed by atoms with Crippen molar-refractivity contribution in [2.45, 2.75) is 43.8 Å². The van der Waals surface area contributed by atoms with Crippen LogP contribution in [0.1, 0.15) is 43.1 Å². The van der Waals surface area contributed by atoms with Gasteiger partial charge in [-0.15, -0.1) is 11.3 Å². The third-order valence-corrected chi connectivity index (χ3v) is 5.47. The molecule has 1 aromatic heterocycles. The summed E-state index contributed by atoms with van der Waals surface area (Å²) < 4.78 is 5.89. The number of ether oxygens (including phenoxy) is 1. The van der Waals surface area contributed by atoms with Crippen molar-refractivity contribution in [1.29, 1.82) is 0 Å². The fourth-order valence-electron chi connectivity index (χ4n) is 2.97. The van der Waals surface area contributed by atoms with E-state index in [1.807, 2.05) is 11.4 Å². The maximum Gasteiger partial charge on any atom is 0.0912 e. The van der Waals surface area contributed by atoms with Gasteiger partial charge in [-0.2, -0.15) is 0 Å². The molecule has 0 aromatic carbocycles. The van der Waals surface area contributed by atoms with E-state index in [0.717, 1.165) is 29.3 Å². The van der Waals surface area contributed by atoms with Gasteiger partial charge in [0.25, 0.3) is 0 Å². The first-order chi connectivity index (χ1) is 8.19. The largest absolute Gasteiger partial charge is 0.387 e. The number of rotatable bonds is 2. The maximum absolute atomic E-state index is 10.4. The van der Waals surface area contributed by atoms with Crippen LogP contribution in [0, 0.1) is 5.92 Å². The van der Waals surface area contributed by atoms with E-state index in [9.17, 15) is 5.11 Å². The first kappa shape index (κ1) is 12.0. The van der Waals surface area contributed by atoms with Gasteiger partial charge in [0.2, 0.25) is 0 Å². The van der Waals surface area contributed by atoms with Crippen LogP contribution in [0.2, 0.25) is 5.02 Å². The first-order valence-corrected chi connectivity index (χ1v) is 7.50. The molecule has 1 saturated carbocycles. The lowest BCUT2D eigenvalue weighted by molar-refractivity contribution is -0.157. The van der Waals surface area contributed by atoms with Crippen LogP contribution in [0.15, 0.2) is 11.4 Å². The van der Waals surface area contributed by atoms with E-state index < -0.39 is 0 Å². The molecule has 2 aliphatic rings. The van der Waals surface area contributed by atoms with Gasteiger partial charge in [0, 0.05) is 16.9 Å². The average Bonchev–Trinajstić information content (AvgIpc) is 2.73. The summed E-state index contributed by atoms with van der Waals surface area (Å²) in [5, 5.41) is 13.0. The Morgan fingerprint density at radius 1 is 1.53 bits per heavy atom. The fourth-order valence-corrected chi connectivity index (χ4v) is 4.13. The third kappa shape index (κ3) is 2.26. The Morgan fingerprint density at radius 2 is 2.35 bits per heavy atom. The minimum atomic E-state index is -0.367. The molecule has 3 rings (SSSR count). The molecule has 0 bridgehead atoms. The zero-order valence-electron chi connectivity index (χ0n) is 9.69. The Kier molecular flexibility index (Phi) is 3.20. The zero-order chi connectivity index (χ0) is 11.9. The lowest BCUT2D eigenvalue weighted by Crippen LogP contribution is -2.46. The van der Waals surface area contributed by atoms with Crippen molar-refractivity contribution in [2.24, 2.45) is 5.92 Å². The van der Waals surface area contributed by atoms with Gasteiger partial charge in [-0.1, -0.05) is 11.6 Å². The smallest absolute Gasteiger partial charge is 0.0912 e. The van der Waals surface area contributed by atoms with Crippen LogP contribution in [0.3, 0.4) is 0 Å². The molecule has 1 spiro atoms. The molecular weight excluding hydrogens is 256 g/mol. The quantitative estimate of drug-likeness (QED) is 0.888. The van der Waals surface area contributed by atoms with Crippen LogP contribution >= 0.6 is 22.9 Å². The SMILES string of the molecule is OC(c1cc(Cl)cs1)C1CCOC2(CCC2)C1. The van der Waals surface area contributed by atoms with Crippen molar-refractivity contribution >= 4 is 22.9 Å². The number of aliphatic hydroxyl groups is 1. The summed E-state index contributed by atoms with van der Waals surface area (Å²) in [5.41, 5.74) is 0.102. The summed E-state index contributed by atoms with van der Waals surface area (Å²) in [6.07, 6.45) is 5.20. The number of thiophene rings is 1. The van der Waals surface area contributed by atoms with Crippen LogP contribution in [0.25, 0.3) is 0 Å². The van der Waals surface area contributed by atoms with Crippen molar-refractivity contribution < 1.29 is 9.84 Å². The molecule has 4 heteroatoms. The summed E-state index contributed by atoms with van der Waals surface area (Å²) in [6.45, 7) is 0.792. The molecule has 1 saturated heterocycles. The topological polar surface area (TPSA) is 29.5 Å². The van der Waals surface area contributed by atoms with E-state index in [-0.39, 0.29) is 11.7 Å². The monoisotopic (exact) mass is 272 g/mol. The number of hydrogen-bond acceptors (Lipinski definition) is 3. The number of aliphatic hydroxyl groups excluding tert-OH is 1. The molecule has 1 aromatic rings. The average molecular weight is 273 g/mol.